The summed E-state index contributed by atoms with van der Waals surface area (Å²) in [6, 6.07) is 7.59. The zero-order valence-corrected chi connectivity index (χ0v) is 14.2. The van der Waals surface area contributed by atoms with Gasteiger partial charge in [0, 0.05) is 0 Å². The Hall–Kier alpha value is -0.750. The molecule has 19 heavy (non-hydrogen) atoms. The fourth-order valence-electron chi connectivity index (χ4n) is 1.88. The first-order chi connectivity index (χ1) is 8.79. The van der Waals surface area contributed by atoms with Crippen LogP contribution in [0.3, 0.4) is 0 Å². The van der Waals surface area contributed by atoms with Crippen LogP contribution < -0.4 is 5.73 Å². The van der Waals surface area contributed by atoms with Crippen molar-refractivity contribution in [3.8, 4) is 5.69 Å². The largest absolute Gasteiger partial charge is 0.383 e. The summed E-state index contributed by atoms with van der Waals surface area (Å²) in [5.41, 5.74) is 8.17. The van der Waals surface area contributed by atoms with Crippen LogP contribution in [0.25, 0.3) is 5.69 Å². The fraction of sp³-hybridized carbons (Fsp3) is 0.357. The van der Waals surface area contributed by atoms with Crippen molar-refractivity contribution >= 4 is 40.0 Å². The minimum Gasteiger partial charge on any atom is -0.383 e. The molecule has 0 atom stereocenters. The van der Waals surface area contributed by atoms with Gasteiger partial charge in [-0.2, -0.15) is 5.10 Å². The molecule has 0 radical (unpaired) electrons. The molecule has 0 spiro atoms. The monoisotopic (exact) mass is 389 g/mol. The maximum absolute atomic E-state index is 6.21. The number of anilines is 1. The van der Waals surface area contributed by atoms with Crippen LogP contribution in [-0.4, -0.2) is 9.78 Å². The van der Waals surface area contributed by atoms with Crippen LogP contribution in [0.4, 0.5) is 5.82 Å². The summed E-state index contributed by atoms with van der Waals surface area (Å²) in [5, 5.41) is 5.27. The first-order valence-corrected chi connectivity index (χ1v) is 7.53. The molecule has 2 N–H and O–H groups in total. The van der Waals surface area contributed by atoms with E-state index in [1.807, 2.05) is 24.3 Å². The Labute approximate surface area is 132 Å². The summed E-state index contributed by atoms with van der Waals surface area (Å²) in [6.45, 7) is 6.56. The maximum Gasteiger partial charge on any atom is 0.141 e. The molecule has 0 aliphatic rings. The zero-order chi connectivity index (χ0) is 14.2. The van der Waals surface area contributed by atoms with Crippen LogP contribution in [0.5, 0.6) is 0 Å². The van der Waals surface area contributed by atoms with Gasteiger partial charge in [-0.15, -0.1) is 0 Å². The highest BCUT2D eigenvalue weighted by molar-refractivity contribution is 14.1. The van der Waals surface area contributed by atoms with E-state index in [0.29, 0.717) is 10.8 Å². The minimum atomic E-state index is 0.173. The van der Waals surface area contributed by atoms with Gasteiger partial charge < -0.3 is 5.73 Å². The van der Waals surface area contributed by atoms with Crippen molar-refractivity contribution < 1.29 is 0 Å². The number of benzene rings is 1. The molecule has 0 amide bonds. The van der Waals surface area contributed by atoms with Crippen LogP contribution in [0.15, 0.2) is 24.3 Å². The molecule has 0 aliphatic heterocycles. The summed E-state index contributed by atoms with van der Waals surface area (Å²) in [4.78, 5) is 0. The SMILES string of the molecule is CC(C)(C)Cc1nn(-c2ccccc2Cl)c(N)c1I. The number of para-hydroxylation sites is 1. The van der Waals surface area contributed by atoms with E-state index >= 15 is 0 Å². The number of nitrogens with zero attached hydrogens (tertiary/aromatic N) is 2. The standard InChI is InChI=1S/C14H17ClIN3/c1-14(2,3)8-10-12(16)13(17)19(18-10)11-7-5-4-6-9(11)15/h4-7H,8,17H2,1-3H3. The summed E-state index contributed by atoms with van der Waals surface area (Å²) in [5.74, 6) is 0.646. The topological polar surface area (TPSA) is 43.8 Å². The van der Waals surface area contributed by atoms with Crippen molar-refractivity contribution in [1.29, 1.82) is 0 Å². The van der Waals surface area contributed by atoms with Gasteiger partial charge in [0.15, 0.2) is 0 Å². The summed E-state index contributed by atoms with van der Waals surface area (Å²) < 4.78 is 2.73. The Bertz CT molecular complexity index is 599. The van der Waals surface area contributed by atoms with E-state index < -0.39 is 0 Å². The predicted molar refractivity (Wildman–Crippen MR) is 88.9 cm³/mol. The number of hydrogen-bond donors (Lipinski definition) is 1. The number of nitrogen functional groups attached to an aromatic ring is 1. The zero-order valence-electron chi connectivity index (χ0n) is 11.2. The highest BCUT2D eigenvalue weighted by atomic mass is 127. The third kappa shape index (κ3) is 3.23. The second-order valence-corrected chi connectivity index (χ2v) is 7.23. The molecule has 3 nitrogen and oxygen atoms in total. The van der Waals surface area contributed by atoms with Gasteiger partial charge in [0.2, 0.25) is 0 Å². The van der Waals surface area contributed by atoms with Crippen LogP contribution >= 0.6 is 34.2 Å². The van der Waals surface area contributed by atoms with Gasteiger partial charge in [0.05, 0.1) is 20.0 Å². The highest BCUT2D eigenvalue weighted by Gasteiger charge is 2.20. The number of nitrogens with two attached hydrogens (primary N) is 1. The third-order valence-corrected chi connectivity index (χ3v) is 4.20. The van der Waals surface area contributed by atoms with E-state index in [0.717, 1.165) is 21.4 Å². The number of hydrogen-bond acceptors (Lipinski definition) is 2. The molecule has 1 heterocycles. The van der Waals surface area contributed by atoms with Crippen molar-refractivity contribution in [3.05, 3.63) is 38.6 Å². The Kier molecular flexibility index (Phi) is 4.11. The smallest absolute Gasteiger partial charge is 0.141 e. The van der Waals surface area contributed by atoms with E-state index in [2.05, 4.69) is 48.5 Å². The lowest BCUT2D eigenvalue weighted by molar-refractivity contribution is 0.404. The Morgan fingerprint density at radius 3 is 2.53 bits per heavy atom. The van der Waals surface area contributed by atoms with Crippen molar-refractivity contribution in [3.63, 3.8) is 0 Å². The van der Waals surface area contributed by atoms with Crippen LogP contribution in [0, 0.1) is 8.99 Å². The average Bonchev–Trinajstić information content (AvgIpc) is 2.56. The molecule has 1 aromatic carbocycles. The van der Waals surface area contributed by atoms with Crippen molar-refractivity contribution in [1.82, 2.24) is 9.78 Å². The maximum atomic E-state index is 6.21. The molecule has 2 rings (SSSR count). The summed E-state index contributed by atoms with van der Waals surface area (Å²) in [6.07, 6.45) is 0.882. The van der Waals surface area contributed by atoms with E-state index in [9.17, 15) is 0 Å². The van der Waals surface area contributed by atoms with Gasteiger partial charge in [0.1, 0.15) is 5.82 Å². The molecule has 0 bridgehead atoms. The number of rotatable bonds is 2. The van der Waals surface area contributed by atoms with Crippen molar-refractivity contribution in [2.24, 2.45) is 5.41 Å². The molecule has 1 aromatic heterocycles. The summed E-state index contributed by atoms with van der Waals surface area (Å²) >= 11 is 8.46. The van der Waals surface area contributed by atoms with Crippen molar-refractivity contribution in [2.45, 2.75) is 27.2 Å². The highest BCUT2D eigenvalue weighted by Crippen LogP contribution is 2.30. The fourth-order valence-corrected chi connectivity index (χ4v) is 2.62. The summed E-state index contributed by atoms with van der Waals surface area (Å²) in [7, 11) is 0. The second-order valence-electron chi connectivity index (χ2n) is 5.75. The van der Waals surface area contributed by atoms with Gasteiger partial charge in [-0.3, -0.25) is 0 Å². The predicted octanol–water partition coefficient (Wildman–Crippen LogP) is 4.30. The quantitative estimate of drug-likeness (QED) is 0.778. The van der Waals surface area contributed by atoms with Gasteiger partial charge in [-0.05, 0) is 46.6 Å². The minimum absolute atomic E-state index is 0.173. The van der Waals surface area contributed by atoms with E-state index in [1.54, 1.807) is 4.68 Å². The first-order valence-electron chi connectivity index (χ1n) is 6.07. The molecule has 102 valence electrons. The number of aromatic nitrogens is 2. The molecule has 0 saturated heterocycles. The van der Waals surface area contributed by atoms with E-state index in [1.165, 1.54) is 0 Å². The molecule has 5 heteroatoms. The Morgan fingerprint density at radius 1 is 1.32 bits per heavy atom. The first kappa shape index (κ1) is 14.7. The number of halogens is 2. The molecule has 2 aromatic rings. The van der Waals surface area contributed by atoms with Crippen molar-refractivity contribution in [2.75, 3.05) is 5.73 Å². The normalized spacial score (nSPS) is 11.8. The van der Waals surface area contributed by atoms with E-state index in [-0.39, 0.29) is 5.41 Å². The Balaban J connectivity index is 2.50. The lowest BCUT2D eigenvalue weighted by Crippen LogP contribution is -2.10. The molecular formula is C14H17ClIN3. The lowest BCUT2D eigenvalue weighted by atomic mass is 9.91. The Morgan fingerprint density at radius 2 is 1.95 bits per heavy atom. The second kappa shape index (κ2) is 5.32. The van der Waals surface area contributed by atoms with Crippen LogP contribution in [-0.2, 0) is 6.42 Å². The molecule has 0 saturated carbocycles. The van der Waals surface area contributed by atoms with Gasteiger partial charge >= 0.3 is 0 Å². The van der Waals surface area contributed by atoms with Gasteiger partial charge in [-0.25, -0.2) is 4.68 Å². The lowest BCUT2D eigenvalue weighted by Gasteiger charge is -2.16. The van der Waals surface area contributed by atoms with Gasteiger partial charge in [0.25, 0.3) is 0 Å². The molecular weight excluding hydrogens is 373 g/mol. The van der Waals surface area contributed by atoms with Crippen LogP contribution in [0.2, 0.25) is 5.02 Å². The third-order valence-electron chi connectivity index (χ3n) is 2.71. The molecule has 0 fully saturated rings. The van der Waals surface area contributed by atoms with Crippen LogP contribution in [0.1, 0.15) is 26.5 Å². The molecule has 0 aliphatic carbocycles. The molecule has 0 unspecified atom stereocenters. The van der Waals surface area contributed by atoms with E-state index in [4.69, 9.17) is 17.3 Å². The van der Waals surface area contributed by atoms with Gasteiger partial charge in [-0.1, -0.05) is 44.5 Å². The average molecular weight is 390 g/mol.